The average Bonchev–Trinajstić information content (AvgIpc) is 3.45. The summed E-state index contributed by atoms with van der Waals surface area (Å²) in [6.07, 6.45) is 1.75. The molecule has 4 rings (SSSR count). The van der Waals surface area contributed by atoms with Gasteiger partial charge in [-0.05, 0) is 49.6 Å². The highest BCUT2D eigenvalue weighted by Crippen LogP contribution is 2.31. The highest BCUT2D eigenvalue weighted by Gasteiger charge is 2.34. The molecular weight excluding hydrogens is 455 g/mol. The van der Waals surface area contributed by atoms with E-state index in [4.69, 9.17) is 4.52 Å². The van der Waals surface area contributed by atoms with Crippen LogP contribution < -0.4 is 5.32 Å². The van der Waals surface area contributed by atoms with Gasteiger partial charge in [-0.3, -0.25) is 4.79 Å². The highest BCUT2D eigenvalue weighted by molar-refractivity contribution is 7.91. The lowest BCUT2D eigenvalue weighted by molar-refractivity contribution is -0.120. The Balaban J connectivity index is 1.48. The van der Waals surface area contributed by atoms with Gasteiger partial charge in [0.25, 0.3) is 10.0 Å². The first-order valence-electron chi connectivity index (χ1n) is 10.3. The molecule has 3 heterocycles. The second kappa shape index (κ2) is 9.08. The Bertz CT molecular complexity index is 1240. The van der Waals surface area contributed by atoms with E-state index in [-0.39, 0.29) is 22.5 Å². The molecule has 1 aromatic carbocycles. The fourth-order valence-electron chi connectivity index (χ4n) is 3.59. The van der Waals surface area contributed by atoms with Gasteiger partial charge in [0.05, 0.1) is 5.92 Å². The maximum Gasteiger partial charge on any atom is 0.252 e. The number of carbonyl (C=O) groups excluding carboxylic acids is 1. The summed E-state index contributed by atoms with van der Waals surface area (Å²) in [5.74, 6) is -0.309. The summed E-state index contributed by atoms with van der Waals surface area (Å²) in [5.41, 5.74) is 1.71. The van der Waals surface area contributed by atoms with E-state index < -0.39 is 15.9 Å². The molecule has 0 bridgehead atoms. The quantitative estimate of drug-likeness (QED) is 0.577. The van der Waals surface area contributed by atoms with E-state index in [0.29, 0.717) is 54.3 Å². The molecule has 0 aliphatic carbocycles. The molecule has 0 spiro atoms. The van der Waals surface area contributed by atoms with Crippen LogP contribution in [0.4, 0.5) is 10.1 Å². The molecular formula is C21H23FN4O4S2. The van der Waals surface area contributed by atoms with Gasteiger partial charge in [0, 0.05) is 36.1 Å². The van der Waals surface area contributed by atoms with Gasteiger partial charge in [0.2, 0.25) is 17.6 Å². The number of piperidine rings is 1. The van der Waals surface area contributed by atoms with Crippen LogP contribution >= 0.6 is 11.3 Å². The third-order valence-electron chi connectivity index (χ3n) is 5.40. The molecule has 170 valence electrons. The number of thiophene rings is 1. The molecule has 1 amide bonds. The van der Waals surface area contributed by atoms with Crippen LogP contribution in [0.2, 0.25) is 0 Å². The standard InChI is InChI=1S/C21H23FN4O4S2/c1-3-18-24-20(25-30-18)15-10-19(31-12-15)32(28,29)26-8-4-5-14(11-26)21(27)23-17-7-6-16(22)9-13(17)2/h6-7,9-10,12,14H,3-5,8,11H2,1-2H3,(H,23,27)/t14-/m0/s1. The topological polar surface area (TPSA) is 105 Å². The van der Waals surface area contributed by atoms with Crippen molar-refractivity contribution in [2.75, 3.05) is 18.4 Å². The number of amides is 1. The van der Waals surface area contributed by atoms with Crippen molar-refractivity contribution in [3.8, 4) is 11.4 Å². The minimum absolute atomic E-state index is 0.0871. The van der Waals surface area contributed by atoms with Crippen molar-refractivity contribution in [3.05, 3.63) is 46.9 Å². The van der Waals surface area contributed by atoms with Gasteiger partial charge in [0.15, 0.2) is 0 Å². The second-order valence-corrected chi connectivity index (χ2v) is 10.7. The van der Waals surface area contributed by atoms with Crippen LogP contribution in [-0.2, 0) is 21.2 Å². The lowest BCUT2D eigenvalue weighted by atomic mass is 9.98. The molecule has 0 unspecified atom stereocenters. The van der Waals surface area contributed by atoms with Gasteiger partial charge >= 0.3 is 0 Å². The maximum absolute atomic E-state index is 13.3. The molecule has 0 saturated carbocycles. The second-order valence-electron chi connectivity index (χ2n) is 7.67. The number of halogens is 1. The molecule has 1 saturated heterocycles. The van der Waals surface area contributed by atoms with Crippen molar-refractivity contribution < 1.29 is 22.1 Å². The lowest BCUT2D eigenvalue weighted by Crippen LogP contribution is -2.43. The zero-order chi connectivity index (χ0) is 22.9. The molecule has 0 radical (unpaired) electrons. The fourth-order valence-corrected chi connectivity index (χ4v) is 6.42. The number of hydrogen-bond donors (Lipinski definition) is 1. The first kappa shape index (κ1) is 22.6. The number of nitrogens with zero attached hydrogens (tertiary/aromatic N) is 3. The van der Waals surface area contributed by atoms with E-state index in [1.165, 1.54) is 28.6 Å². The van der Waals surface area contributed by atoms with E-state index in [9.17, 15) is 17.6 Å². The normalized spacial score (nSPS) is 17.4. The number of rotatable bonds is 6. The van der Waals surface area contributed by atoms with E-state index in [2.05, 4.69) is 15.5 Å². The zero-order valence-corrected chi connectivity index (χ0v) is 19.3. The van der Waals surface area contributed by atoms with Gasteiger partial charge in [0.1, 0.15) is 10.0 Å². The van der Waals surface area contributed by atoms with Crippen molar-refractivity contribution in [1.29, 1.82) is 0 Å². The van der Waals surface area contributed by atoms with Crippen LogP contribution in [0.25, 0.3) is 11.4 Å². The third-order valence-corrected chi connectivity index (χ3v) is 8.68. The largest absolute Gasteiger partial charge is 0.339 e. The molecule has 1 aliphatic rings. The summed E-state index contributed by atoms with van der Waals surface area (Å²) >= 11 is 1.09. The van der Waals surface area contributed by atoms with Crippen LogP contribution in [0.3, 0.4) is 0 Å². The fraction of sp³-hybridized carbons (Fsp3) is 0.381. The van der Waals surface area contributed by atoms with Crippen molar-refractivity contribution >= 4 is 33.0 Å². The van der Waals surface area contributed by atoms with Gasteiger partial charge in [-0.1, -0.05) is 12.1 Å². The minimum Gasteiger partial charge on any atom is -0.339 e. The average molecular weight is 479 g/mol. The smallest absolute Gasteiger partial charge is 0.252 e. The highest BCUT2D eigenvalue weighted by atomic mass is 32.2. The summed E-state index contributed by atoms with van der Waals surface area (Å²) in [6.45, 7) is 4.03. The minimum atomic E-state index is -3.76. The lowest BCUT2D eigenvalue weighted by Gasteiger charge is -2.30. The Morgan fingerprint density at radius 1 is 1.38 bits per heavy atom. The Labute approximate surface area is 189 Å². The molecule has 32 heavy (non-hydrogen) atoms. The predicted octanol–water partition coefficient (Wildman–Crippen LogP) is 3.85. The zero-order valence-electron chi connectivity index (χ0n) is 17.7. The molecule has 1 N–H and O–H groups in total. The summed E-state index contributed by atoms with van der Waals surface area (Å²) < 4.78 is 46.4. The van der Waals surface area contributed by atoms with Crippen LogP contribution in [-0.4, -0.2) is 41.9 Å². The summed E-state index contributed by atoms with van der Waals surface area (Å²) in [7, 11) is -3.76. The number of benzene rings is 1. The third kappa shape index (κ3) is 4.59. The van der Waals surface area contributed by atoms with Crippen molar-refractivity contribution in [1.82, 2.24) is 14.4 Å². The molecule has 3 aromatic rings. The molecule has 1 aliphatic heterocycles. The number of sulfonamides is 1. The summed E-state index contributed by atoms with van der Waals surface area (Å²) in [6, 6.07) is 5.67. The molecule has 11 heteroatoms. The maximum atomic E-state index is 13.3. The number of anilines is 1. The van der Waals surface area contributed by atoms with Crippen molar-refractivity contribution in [3.63, 3.8) is 0 Å². The Morgan fingerprint density at radius 3 is 2.91 bits per heavy atom. The monoisotopic (exact) mass is 478 g/mol. The van der Waals surface area contributed by atoms with E-state index in [1.807, 2.05) is 6.92 Å². The molecule has 2 aromatic heterocycles. The van der Waals surface area contributed by atoms with Crippen molar-refractivity contribution in [2.45, 2.75) is 37.3 Å². The van der Waals surface area contributed by atoms with Crippen molar-refractivity contribution in [2.24, 2.45) is 5.92 Å². The molecule has 8 nitrogen and oxygen atoms in total. The van der Waals surface area contributed by atoms with Gasteiger partial charge < -0.3 is 9.84 Å². The van der Waals surface area contributed by atoms with E-state index in [1.54, 1.807) is 12.3 Å². The van der Waals surface area contributed by atoms with Gasteiger partial charge in [-0.25, -0.2) is 12.8 Å². The Morgan fingerprint density at radius 2 is 2.19 bits per heavy atom. The van der Waals surface area contributed by atoms with Gasteiger partial charge in [-0.15, -0.1) is 11.3 Å². The summed E-state index contributed by atoms with van der Waals surface area (Å²) in [4.78, 5) is 17.0. The van der Waals surface area contributed by atoms with E-state index in [0.717, 1.165) is 11.3 Å². The Hall–Kier alpha value is -2.63. The first-order valence-corrected chi connectivity index (χ1v) is 12.6. The molecule has 1 fully saturated rings. The van der Waals surface area contributed by atoms with Crippen LogP contribution in [0.1, 0.15) is 31.2 Å². The van der Waals surface area contributed by atoms with Crippen LogP contribution in [0.15, 0.2) is 38.4 Å². The SMILES string of the molecule is CCc1nc(-c2csc(S(=O)(=O)N3CCC[C@H](C(=O)Nc4ccc(F)cc4C)C3)c2)no1. The number of hydrogen-bond acceptors (Lipinski definition) is 7. The summed E-state index contributed by atoms with van der Waals surface area (Å²) in [5, 5.41) is 8.37. The number of aromatic nitrogens is 2. The van der Waals surface area contributed by atoms with Crippen LogP contribution in [0.5, 0.6) is 0 Å². The number of aryl methyl sites for hydroxylation is 2. The van der Waals surface area contributed by atoms with Gasteiger partial charge in [-0.2, -0.15) is 9.29 Å². The Kier molecular flexibility index (Phi) is 6.40. The first-order chi connectivity index (χ1) is 15.3. The number of nitrogens with one attached hydrogen (secondary N) is 1. The molecule has 1 atom stereocenters. The predicted molar refractivity (Wildman–Crippen MR) is 118 cm³/mol. The van der Waals surface area contributed by atoms with E-state index >= 15 is 0 Å². The number of carbonyl (C=O) groups is 1. The van der Waals surface area contributed by atoms with Crippen LogP contribution in [0, 0.1) is 18.7 Å².